The number of aromatic nitrogens is 2. The summed E-state index contributed by atoms with van der Waals surface area (Å²) in [6, 6.07) is 18.9. The van der Waals surface area contributed by atoms with Gasteiger partial charge in [-0.1, -0.05) is 72.5 Å². The lowest BCUT2D eigenvalue weighted by molar-refractivity contribution is -0.123. The van der Waals surface area contributed by atoms with E-state index in [0.717, 1.165) is 22.3 Å². The maximum Gasteiger partial charge on any atom is 0.269 e. The number of amides is 1. The number of thioether (sulfide) groups is 1. The molecular weight excluding hydrogens is 502 g/mol. The molecule has 2 aromatic heterocycles. The first-order valence-corrected chi connectivity index (χ1v) is 13.1. The smallest absolute Gasteiger partial charge is 0.269 e. The van der Waals surface area contributed by atoms with E-state index in [1.165, 1.54) is 16.2 Å². The molecule has 0 spiro atoms. The van der Waals surface area contributed by atoms with Crippen LogP contribution in [0.2, 0.25) is 0 Å². The first-order valence-electron chi connectivity index (χ1n) is 11.8. The molecule has 1 amide bonds. The van der Waals surface area contributed by atoms with Crippen molar-refractivity contribution < 1.29 is 9.53 Å². The summed E-state index contributed by atoms with van der Waals surface area (Å²) in [5, 5.41) is 0. The number of hydrogen-bond donors (Lipinski definition) is 0. The van der Waals surface area contributed by atoms with Gasteiger partial charge in [0.15, 0.2) is 0 Å². The summed E-state index contributed by atoms with van der Waals surface area (Å²) in [7, 11) is 0. The lowest BCUT2D eigenvalue weighted by Crippen LogP contribution is -2.31. The highest BCUT2D eigenvalue weighted by Gasteiger charge is 2.36. The number of nitrogens with zero attached hydrogens (tertiary/aromatic N) is 3. The van der Waals surface area contributed by atoms with Gasteiger partial charge in [-0.15, -0.1) is 0 Å². The zero-order chi connectivity index (χ0) is 26.3. The van der Waals surface area contributed by atoms with E-state index < -0.39 is 0 Å². The molecule has 37 heavy (non-hydrogen) atoms. The lowest BCUT2D eigenvalue weighted by Gasteiger charge is -2.23. The third-order valence-electron chi connectivity index (χ3n) is 6.58. The van der Waals surface area contributed by atoms with E-state index in [9.17, 15) is 9.59 Å². The second-order valence-corrected chi connectivity index (χ2v) is 10.6. The van der Waals surface area contributed by atoms with Crippen molar-refractivity contribution in [2.45, 2.75) is 33.7 Å². The second-order valence-electron chi connectivity index (χ2n) is 8.96. The molecule has 1 unspecified atom stereocenters. The molecule has 1 aliphatic heterocycles. The minimum atomic E-state index is -0.324. The number of benzene rings is 2. The number of rotatable bonds is 5. The number of thiocarbonyl (C=S) groups is 1. The van der Waals surface area contributed by atoms with Gasteiger partial charge in [0.05, 0.1) is 10.9 Å². The number of carbonyl (C=O) groups excluding carboxylic acids is 1. The summed E-state index contributed by atoms with van der Waals surface area (Å²) in [6.45, 7) is 7.78. The average molecular weight is 528 g/mol. The number of aryl methyl sites for hydroxylation is 2. The van der Waals surface area contributed by atoms with Crippen molar-refractivity contribution in [3.8, 4) is 11.6 Å². The van der Waals surface area contributed by atoms with Crippen LogP contribution in [0, 0.1) is 20.8 Å². The van der Waals surface area contributed by atoms with Crippen LogP contribution in [0.5, 0.6) is 11.6 Å². The molecule has 0 radical (unpaired) electrons. The first kappa shape index (κ1) is 24.9. The van der Waals surface area contributed by atoms with Gasteiger partial charge in [-0.3, -0.25) is 18.9 Å². The molecule has 5 rings (SSSR count). The van der Waals surface area contributed by atoms with Crippen molar-refractivity contribution >= 4 is 45.9 Å². The summed E-state index contributed by atoms with van der Waals surface area (Å²) < 4.78 is 8.16. The van der Waals surface area contributed by atoms with Gasteiger partial charge in [-0.05, 0) is 68.2 Å². The Balaban J connectivity index is 1.63. The molecule has 186 valence electrons. The highest BCUT2D eigenvalue weighted by molar-refractivity contribution is 8.26. The van der Waals surface area contributed by atoms with Gasteiger partial charge in [-0.2, -0.15) is 4.98 Å². The molecule has 3 heterocycles. The first-order chi connectivity index (χ1) is 17.8. The molecule has 1 atom stereocenters. The van der Waals surface area contributed by atoms with Crippen LogP contribution < -0.4 is 10.3 Å². The number of hydrogen-bond acceptors (Lipinski definition) is 6. The van der Waals surface area contributed by atoms with E-state index in [1.807, 2.05) is 82.3 Å². The van der Waals surface area contributed by atoms with Crippen LogP contribution in [-0.4, -0.2) is 24.5 Å². The number of pyridine rings is 1. The number of fused-ring (bicyclic) bond motifs is 1. The Morgan fingerprint density at radius 2 is 1.70 bits per heavy atom. The van der Waals surface area contributed by atoms with Crippen LogP contribution in [-0.2, 0) is 4.79 Å². The molecule has 1 aliphatic rings. The highest BCUT2D eigenvalue weighted by Crippen LogP contribution is 2.39. The third kappa shape index (κ3) is 4.58. The van der Waals surface area contributed by atoms with Gasteiger partial charge in [0.25, 0.3) is 11.5 Å². The topological polar surface area (TPSA) is 63.9 Å². The van der Waals surface area contributed by atoms with E-state index in [-0.39, 0.29) is 29.0 Å². The Morgan fingerprint density at radius 1 is 0.973 bits per heavy atom. The summed E-state index contributed by atoms with van der Waals surface area (Å²) in [5.41, 5.74) is 4.18. The normalized spacial score (nSPS) is 15.6. The molecule has 4 aromatic rings. The van der Waals surface area contributed by atoms with Gasteiger partial charge >= 0.3 is 0 Å². The zero-order valence-corrected chi connectivity index (χ0v) is 22.5. The molecule has 0 aliphatic carbocycles. The molecule has 8 heteroatoms. The van der Waals surface area contributed by atoms with Crippen molar-refractivity contribution in [1.82, 2.24) is 14.3 Å². The Labute approximate surface area is 224 Å². The molecule has 0 saturated carbocycles. The summed E-state index contributed by atoms with van der Waals surface area (Å²) in [4.78, 5) is 33.9. The quantitative estimate of drug-likeness (QED) is 0.222. The molecule has 0 bridgehead atoms. The summed E-state index contributed by atoms with van der Waals surface area (Å²) in [6.07, 6.45) is 3.22. The second kappa shape index (κ2) is 9.95. The monoisotopic (exact) mass is 527 g/mol. The fourth-order valence-corrected chi connectivity index (χ4v) is 5.66. The fraction of sp³-hybridized carbons (Fsp3) is 0.172. The Morgan fingerprint density at radius 3 is 2.46 bits per heavy atom. The van der Waals surface area contributed by atoms with E-state index in [4.69, 9.17) is 21.9 Å². The molecule has 2 aromatic carbocycles. The Kier molecular flexibility index (Phi) is 6.70. The van der Waals surface area contributed by atoms with Gasteiger partial charge < -0.3 is 4.74 Å². The predicted octanol–water partition coefficient (Wildman–Crippen LogP) is 6.37. The van der Waals surface area contributed by atoms with Crippen molar-refractivity contribution in [2.75, 3.05) is 0 Å². The van der Waals surface area contributed by atoms with Crippen molar-refractivity contribution in [3.63, 3.8) is 0 Å². The Bertz CT molecular complexity index is 1640. The van der Waals surface area contributed by atoms with Crippen molar-refractivity contribution in [3.05, 3.63) is 110 Å². The highest BCUT2D eigenvalue weighted by atomic mass is 32.2. The van der Waals surface area contributed by atoms with Crippen molar-refractivity contribution in [2.24, 2.45) is 0 Å². The Hall–Kier alpha value is -3.75. The number of carbonyl (C=O) groups is 1. The van der Waals surface area contributed by atoms with E-state index in [1.54, 1.807) is 23.2 Å². The largest absolute Gasteiger partial charge is 0.438 e. The molecular formula is C29H25N3O3S2. The van der Waals surface area contributed by atoms with E-state index >= 15 is 0 Å². The van der Waals surface area contributed by atoms with Crippen LogP contribution in [0.1, 0.15) is 40.8 Å². The third-order valence-corrected chi connectivity index (χ3v) is 7.91. The van der Waals surface area contributed by atoms with E-state index in [2.05, 4.69) is 0 Å². The minimum Gasteiger partial charge on any atom is -0.438 e. The predicted molar refractivity (Wildman–Crippen MR) is 152 cm³/mol. The SMILES string of the molecule is Cc1cccc(Oc2nc3c(C)cccn3c(=O)c2/C=C2/SC(=S)N(C(C)c3ccccc3)C2=O)c1C. The zero-order valence-electron chi connectivity index (χ0n) is 20.9. The average Bonchev–Trinajstić information content (AvgIpc) is 3.17. The molecule has 1 saturated heterocycles. The minimum absolute atomic E-state index is 0.148. The fourth-order valence-electron chi connectivity index (χ4n) is 4.26. The molecule has 0 N–H and O–H groups in total. The van der Waals surface area contributed by atoms with Crippen LogP contribution >= 0.6 is 24.0 Å². The van der Waals surface area contributed by atoms with Gasteiger partial charge in [0.1, 0.15) is 21.3 Å². The van der Waals surface area contributed by atoms with E-state index in [0.29, 0.717) is 20.6 Å². The van der Waals surface area contributed by atoms with Crippen LogP contribution in [0.15, 0.2) is 76.6 Å². The van der Waals surface area contributed by atoms with Gasteiger partial charge in [-0.25, -0.2) is 0 Å². The maximum atomic E-state index is 13.7. The van der Waals surface area contributed by atoms with Crippen LogP contribution in [0.25, 0.3) is 11.7 Å². The van der Waals surface area contributed by atoms with Crippen LogP contribution in [0.4, 0.5) is 0 Å². The summed E-state index contributed by atoms with van der Waals surface area (Å²) in [5.74, 6) is 0.497. The molecule has 1 fully saturated rings. The maximum absolute atomic E-state index is 13.7. The van der Waals surface area contributed by atoms with Crippen molar-refractivity contribution in [1.29, 1.82) is 0 Å². The standard InChI is InChI=1S/C29H25N3O3S2/c1-17-10-8-14-23(19(17)3)35-26-22(27(33)31-15-9-11-18(2)25(31)30-26)16-24-28(34)32(29(36)37-24)20(4)21-12-6-5-7-13-21/h5-16,20H,1-4H3/b24-16+. The molecule has 6 nitrogen and oxygen atoms in total. The number of ether oxygens (including phenoxy) is 1. The lowest BCUT2D eigenvalue weighted by atomic mass is 10.1. The van der Waals surface area contributed by atoms with Gasteiger partial charge in [0, 0.05) is 6.20 Å². The van der Waals surface area contributed by atoms with Gasteiger partial charge in [0.2, 0.25) is 5.88 Å². The summed E-state index contributed by atoms with van der Waals surface area (Å²) >= 11 is 6.76. The van der Waals surface area contributed by atoms with Crippen LogP contribution in [0.3, 0.4) is 0 Å².